The van der Waals surface area contributed by atoms with Gasteiger partial charge < -0.3 is 14.8 Å². The normalized spacial score (nSPS) is 16.7. The number of H-pyrrole nitrogens is 1. The molecule has 0 fully saturated rings. The quantitative estimate of drug-likeness (QED) is 0.715. The van der Waals surface area contributed by atoms with Crippen molar-refractivity contribution in [1.82, 2.24) is 9.97 Å². The van der Waals surface area contributed by atoms with E-state index in [9.17, 15) is 5.11 Å². The molecule has 1 atom stereocenters. The van der Waals surface area contributed by atoms with Gasteiger partial charge in [0.15, 0.2) is 4.77 Å². The van der Waals surface area contributed by atoms with Gasteiger partial charge >= 0.3 is 0 Å². The molecule has 0 saturated heterocycles. The van der Waals surface area contributed by atoms with Crippen LogP contribution in [0.25, 0.3) is 11.3 Å². The Hall–Kier alpha value is -1.72. The first-order valence-electron chi connectivity index (χ1n) is 5.62. The standard InChI is InChI=1S/C13H12N2O2S/c1-6-3-7(2)10-9(4-6)17-12(16)8-5-14-13(18)15-11(8)10/h3-5,12,16H,1-2H3,(H,14,15,18). The summed E-state index contributed by atoms with van der Waals surface area (Å²) in [6, 6.07) is 3.98. The molecular formula is C13H12N2O2S. The third-order valence-electron chi connectivity index (χ3n) is 3.04. The maximum Gasteiger partial charge on any atom is 0.227 e. The van der Waals surface area contributed by atoms with E-state index in [0.717, 1.165) is 22.4 Å². The molecule has 18 heavy (non-hydrogen) atoms. The fourth-order valence-corrected chi connectivity index (χ4v) is 2.48. The highest BCUT2D eigenvalue weighted by atomic mass is 32.1. The number of aromatic amines is 1. The Morgan fingerprint density at radius 1 is 1.39 bits per heavy atom. The summed E-state index contributed by atoms with van der Waals surface area (Å²) < 4.78 is 5.92. The van der Waals surface area contributed by atoms with E-state index in [0.29, 0.717) is 16.1 Å². The summed E-state index contributed by atoms with van der Waals surface area (Å²) in [5, 5.41) is 9.96. The zero-order chi connectivity index (χ0) is 12.9. The summed E-state index contributed by atoms with van der Waals surface area (Å²) in [5.74, 6) is 0.671. The first-order chi connectivity index (χ1) is 8.56. The van der Waals surface area contributed by atoms with Crippen molar-refractivity contribution in [3.8, 4) is 17.0 Å². The van der Waals surface area contributed by atoms with Crippen LogP contribution < -0.4 is 4.74 Å². The number of rotatable bonds is 0. The summed E-state index contributed by atoms with van der Waals surface area (Å²) in [4.78, 5) is 7.02. The fraction of sp³-hybridized carbons (Fsp3) is 0.231. The van der Waals surface area contributed by atoms with Gasteiger partial charge in [-0.25, -0.2) is 4.98 Å². The molecule has 1 aromatic heterocycles. The Labute approximate surface area is 109 Å². The highest BCUT2D eigenvalue weighted by molar-refractivity contribution is 7.71. The van der Waals surface area contributed by atoms with Gasteiger partial charge in [0.05, 0.1) is 11.3 Å². The molecule has 1 aliphatic rings. The second kappa shape index (κ2) is 3.90. The minimum atomic E-state index is -1.01. The SMILES string of the molecule is Cc1cc(C)c2c(c1)OC(O)c1cnc(=S)[nH]c1-2. The van der Waals surface area contributed by atoms with E-state index in [1.165, 1.54) is 0 Å². The van der Waals surface area contributed by atoms with E-state index in [1.54, 1.807) is 6.20 Å². The van der Waals surface area contributed by atoms with Gasteiger partial charge in [0.2, 0.25) is 6.29 Å². The number of hydrogen-bond acceptors (Lipinski definition) is 4. The largest absolute Gasteiger partial charge is 0.460 e. The van der Waals surface area contributed by atoms with Crippen molar-refractivity contribution in [3.05, 3.63) is 39.8 Å². The molecule has 0 bridgehead atoms. The lowest BCUT2D eigenvalue weighted by Gasteiger charge is -2.26. The number of aliphatic hydroxyl groups is 1. The molecular weight excluding hydrogens is 248 g/mol. The van der Waals surface area contributed by atoms with Crippen LogP contribution in [0.1, 0.15) is 23.0 Å². The van der Waals surface area contributed by atoms with Crippen LogP contribution >= 0.6 is 12.2 Å². The molecule has 2 N–H and O–H groups in total. The maximum atomic E-state index is 9.96. The topological polar surface area (TPSA) is 58.1 Å². The van der Waals surface area contributed by atoms with Gasteiger partial charge in [0, 0.05) is 11.8 Å². The van der Waals surface area contributed by atoms with Crippen LogP contribution in [0.15, 0.2) is 18.3 Å². The summed E-state index contributed by atoms with van der Waals surface area (Å²) in [7, 11) is 0. The van der Waals surface area contributed by atoms with Crippen LogP contribution in [-0.2, 0) is 0 Å². The number of fused-ring (bicyclic) bond motifs is 3. The predicted molar refractivity (Wildman–Crippen MR) is 69.9 cm³/mol. The number of aryl methyl sites for hydroxylation is 2. The zero-order valence-electron chi connectivity index (χ0n) is 10.0. The van der Waals surface area contributed by atoms with Crippen LogP contribution in [0, 0.1) is 18.6 Å². The number of ether oxygens (including phenoxy) is 1. The van der Waals surface area contributed by atoms with Crippen molar-refractivity contribution in [3.63, 3.8) is 0 Å². The van der Waals surface area contributed by atoms with E-state index in [4.69, 9.17) is 17.0 Å². The molecule has 4 nitrogen and oxygen atoms in total. The molecule has 5 heteroatoms. The molecule has 0 amide bonds. The molecule has 0 spiro atoms. The number of aliphatic hydroxyl groups excluding tert-OH is 1. The lowest BCUT2D eigenvalue weighted by molar-refractivity contribution is -0.0220. The lowest BCUT2D eigenvalue weighted by atomic mass is 9.96. The second-order valence-electron chi connectivity index (χ2n) is 4.44. The van der Waals surface area contributed by atoms with Crippen molar-refractivity contribution >= 4 is 12.2 Å². The van der Waals surface area contributed by atoms with E-state index in [1.807, 2.05) is 19.9 Å². The van der Waals surface area contributed by atoms with Crippen molar-refractivity contribution in [2.45, 2.75) is 20.1 Å². The van der Waals surface area contributed by atoms with Gasteiger partial charge in [-0.15, -0.1) is 0 Å². The van der Waals surface area contributed by atoms with Gasteiger partial charge in [0.1, 0.15) is 5.75 Å². The molecule has 1 aliphatic heterocycles. The number of aromatic nitrogens is 2. The minimum absolute atomic E-state index is 0.397. The summed E-state index contributed by atoms with van der Waals surface area (Å²) >= 11 is 5.05. The number of nitrogens with one attached hydrogen (secondary N) is 1. The third-order valence-corrected chi connectivity index (χ3v) is 3.25. The van der Waals surface area contributed by atoms with Crippen LogP contribution in [-0.4, -0.2) is 15.1 Å². The number of hydrogen-bond donors (Lipinski definition) is 2. The number of nitrogens with zero attached hydrogens (tertiary/aromatic N) is 1. The Balaban J connectivity index is 2.37. The number of benzene rings is 1. The molecule has 2 aromatic rings. The maximum absolute atomic E-state index is 9.96. The van der Waals surface area contributed by atoms with Gasteiger partial charge in [-0.3, -0.25) is 0 Å². The van der Waals surface area contributed by atoms with Crippen LogP contribution in [0.5, 0.6) is 5.75 Å². The molecule has 0 radical (unpaired) electrons. The smallest absolute Gasteiger partial charge is 0.227 e. The third kappa shape index (κ3) is 1.63. The van der Waals surface area contributed by atoms with Gasteiger partial charge in [-0.05, 0) is 43.3 Å². The van der Waals surface area contributed by atoms with Crippen molar-refractivity contribution in [1.29, 1.82) is 0 Å². The monoisotopic (exact) mass is 260 g/mol. The Morgan fingerprint density at radius 3 is 2.94 bits per heavy atom. The summed E-state index contributed by atoms with van der Waals surface area (Å²) in [6.07, 6.45) is 0.550. The van der Waals surface area contributed by atoms with E-state index < -0.39 is 6.29 Å². The molecule has 1 aromatic carbocycles. The second-order valence-corrected chi connectivity index (χ2v) is 4.83. The Morgan fingerprint density at radius 2 is 2.17 bits per heavy atom. The lowest BCUT2D eigenvalue weighted by Crippen LogP contribution is -2.16. The van der Waals surface area contributed by atoms with Crippen molar-refractivity contribution in [2.75, 3.05) is 0 Å². The van der Waals surface area contributed by atoms with Crippen molar-refractivity contribution in [2.24, 2.45) is 0 Å². The molecule has 0 aliphatic carbocycles. The van der Waals surface area contributed by atoms with E-state index in [-0.39, 0.29) is 0 Å². The first-order valence-corrected chi connectivity index (χ1v) is 6.02. The highest BCUT2D eigenvalue weighted by Gasteiger charge is 2.26. The summed E-state index contributed by atoms with van der Waals surface area (Å²) in [6.45, 7) is 4.00. The Kier molecular flexibility index (Phi) is 2.46. The summed E-state index contributed by atoms with van der Waals surface area (Å²) in [5.41, 5.74) is 4.52. The van der Waals surface area contributed by atoms with E-state index >= 15 is 0 Å². The first kappa shape index (κ1) is 11.4. The molecule has 3 rings (SSSR count). The zero-order valence-corrected chi connectivity index (χ0v) is 10.8. The van der Waals surface area contributed by atoms with Crippen LogP contribution in [0.4, 0.5) is 0 Å². The van der Waals surface area contributed by atoms with Crippen LogP contribution in [0.2, 0.25) is 0 Å². The molecule has 0 saturated carbocycles. The molecule has 2 heterocycles. The van der Waals surface area contributed by atoms with E-state index in [2.05, 4.69) is 16.0 Å². The van der Waals surface area contributed by atoms with Crippen molar-refractivity contribution < 1.29 is 9.84 Å². The average molecular weight is 260 g/mol. The minimum Gasteiger partial charge on any atom is -0.460 e. The van der Waals surface area contributed by atoms with Gasteiger partial charge in [0.25, 0.3) is 0 Å². The molecule has 1 unspecified atom stereocenters. The Bertz CT molecular complexity index is 694. The highest BCUT2D eigenvalue weighted by Crippen LogP contribution is 2.42. The van der Waals surface area contributed by atoms with Crippen LogP contribution in [0.3, 0.4) is 0 Å². The molecule has 92 valence electrons. The average Bonchev–Trinajstić information content (AvgIpc) is 2.27. The van der Waals surface area contributed by atoms with Gasteiger partial charge in [-0.2, -0.15) is 0 Å². The predicted octanol–water partition coefficient (Wildman–Crippen LogP) is 2.81. The fourth-order valence-electron chi connectivity index (χ4n) is 2.32. The van der Waals surface area contributed by atoms with Gasteiger partial charge in [-0.1, -0.05) is 6.07 Å².